The van der Waals surface area contributed by atoms with Crippen LogP contribution in [0.5, 0.6) is 0 Å². The molecule has 2 atom stereocenters. The van der Waals surface area contributed by atoms with Crippen LogP contribution in [0, 0.1) is 6.92 Å². The third kappa shape index (κ3) is 6.95. The Labute approximate surface area is 123 Å². The van der Waals surface area contributed by atoms with Crippen molar-refractivity contribution in [3.05, 3.63) is 16.1 Å². The minimum absolute atomic E-state index is 0.0398. The van der Waals surface area contributed by atoms with E-state index in [-0.39, 0.29) is 25.0 Å². The SMILES string of the molecule is Cc1ncsc1CCOCC(O)CNC(C)CC(N)=O. The number of nitrogens with one attached hydrogen (secondary N) is 1. The van der Waals surface area contributed by atoms with Gasteiger partial charge in [-0.05, 0) is 13.8 Å². The quantitative estimate of drug-likeness (QED) is 0.537. The lowest BCUT2D eigenvalue weighted by Crippen LogP contribution is -2.38. The summed E-state index contributed by atoms with van der Waals surface area (Å²) in [7, 11) is 0. The summed E-state index contributed by atoms with van der Waals surface area (Å²) in [5.74, 6) is -0.351. The highest BCUT2D eigenvalue weighted by Crippen LogP contribution is 2.12. The molecule has 0 saturated carbocycles. The molecule has 7 heteroatoms. The number of thiazole rings is 1. The highest BCUT2D eigenvalue weighted by Gasteiger charge is 2.09. The molecule has 114 valence electrons. The van der Waals surface area contributed by atoms with E-state index in [1.807, 2.05) is 19.4 Å². The first-order valence-corrected chi connectivity index (χ1v) is 7.53. The molecule has 20 heavy (non-hydrogen) atoms. The van der Waals surface area contributed by atoms with Gasteiger partial charge in [0.15, 0.2) is 0 Å². The molecule has 0 aliphatic carbocycles. The van der Waals surface area contributed by atoms with Gasteiger partial charge < -0.3 is 20.9 Å². The molecule has 1 amide bonds. The molecule has 0 bridgehead atoms. The molecule has 0 aliphatic heterocycles. The number of amides is 1. The number of carbonyl (C=O) groups excluding carboxylic acids is 1. The Hall–Kier alpha value is -1.02. The zero-order valence-electron chi connectivity index (χ0n) is 12.0. The van der Waals surface area contributed by atoms with Gasteiger partial charge in [-0.1, -0.05) is 0 Å². The molecular weight excluding hydrogens is 278 g/mol. The zero-order valence-corrected chi connectivity index (χ0v) is 12.8. The Kier molecular flexibility index (Phi) is 7.68. The minimum atomic E-state index is -0.590. The van der Waals surface area contributed by atoms with Crippen molar-refractivity contribution in [3.8, 4) is 0 Å². The van der Waals surface area contributed by atoms with E-state index in [0.717, 1.165) is 12.1 Å². The summed E-state index contributed by atoms with van der Waals surface area (Å²) in [6, 6.07) is -0.0398. The minimum Gasteiger partial charge on any atom is -0.389 e. The highest BCUT2D eigenvalue weighted by atomic mass is 32.1. The number of primary amides is 1. The van der Waals surface area contributed by atoms with Gasteiger partial charge >= 0.3 is 0 Å². The highest BCUT2D eigenvalue weighted by molar-refractivity contribution is 7.09. The van der Waals surface area contributed by atoms with Gasteiger partial charge in [0.25, 0.3) is 0 Å². The van der Waals surface area contributed by atoms with Crippen LogP contribution in [-0.4, -0.2) is 47.9 Å². The van der Waals surface area contributed by atoms with Crippen LogP contribution in [0.25, 0.3) is 0 Å². The van der Waals surface area contributed by atoms with Crippen molar-refractivity contribution >= 4 is 17.2 Å². The van der Waals surface area contributed by atoms with Gasteiger partial charge in [-0.3, -0.25) is 4.79 Å². The normalized spacial score (nSPS) is 14.2. The Balaban J connectivity index is 2.07. The van der Waals surface area contributed by atoms with Crippen LogP contribution in [0.4, 0.5) is 0 Å². The summed E-state index contributed by atoms with van der Waals surface area (Å²) < 4.78 is 5.43. The Bertz CT molecular complexity index is 411. The van der Waals surface area contributed by atoms with Crippen LogP contribution < -0.4 is 11.1 Å². The summed E-state index contributed by atoms with van der Waals surface area (Å²) in [5.41, 5.74) is 7.95. The number of aromatic nitrogens is 1. The van der Waals surface area contributed by atoms with E-state index in [1.165, 1.54) is 4.88 Å². The maximum absolute atomic E-state index is 10.7. The first kappa shape index (κ1) is 17.0. The smallest absolute Gasteiger partial charge is 0.218 e. The van der Waals surface area contributed by atoms with E-state index in [2.05, 4.69) is 10.3 Å². The maximum Gasteiger partial charge on any atom is 0.218 e. The molecule has 1 aromatic heterocycles. The lowest BCUT2D eigenvalue weighted by Gasteiger charge is -2.16. The van der Waals surface area contributed by atoms with E-state index in [9.17, 15) is 9.90 Å². The molecular formula is C13H23N3O3S. The standard InChI is InChI=1S/C13H23N3O3S/c1-9(5-13(14)18)15-6-11(17)7-19-4-3-12-10(2)16-8-20-12/h8-9,11,15,17H,3-7H2,1-2H3,(H2,14,18). The second-order valence-corrected chi connectivity index (χ2v) is 5.76. The predicted molar refractivity (Wildman–Crippen MR) is 78.7 cm³/mol. The van der Waals surface area contributed by atoms with Crippen LogP contribution in [0.3, 0.4) is 0 Å². The van der Waals surface area contributed by atoms with Gasteiger partial charge in [-0.25, -0.2) is 4.98 Å². The average molecular weight is 301 g/mol. The largest absolute Gasteiger partial charge is 0.389 e. The topological polar surface area (TPSA) is 97.5 Å². The summed E-state index contributed by atoms with van der Waals surface area (Å²) in [6.07, 6.45) is 0.486. The van der Waals surface area contributed by atoms with Crippen molar-refractivity contribution in [1.82, 2.24) is 10.3 Å². The number of aryl methyl sites for hydroxylation is 1. The van der Waals surface area contributed by atoms with Crippen molar-refractivity contribution in [3.63, 3.8) is 0 Å². The average Bonchev–Trinajstić information content (AvgIpc) is 2.77. The monoisotopic (exact) mass is 301 g/mol. The Morgan fingerprint density at radius 1 is 1.65 bits per heavy atom. The summed E-state index contributed by atoms with van der Waals surface area (Å²) in [6.45, 7) is 5.05. The number of aliphatic hydroxyl groups excluding tert-OH is 1. The van der Waals surface area contributed by atoms with Gasteiger partial charge in [0.2, 0.25) is 5.91 Å². The zero-order chi connectivity index (χ0) is 15.0. The number of rotatable bonds is 10. The third-order valence-electron chi connectivity index (χ3n) is 2.84. The van der Waals surface area contributed by atoms with Crippen molar-refractivity contribution in [2.75, 3.05) is 19.8 Å². The summed E-state index contributed by atoms with van der Waals surface area (Å²) in [4.78, 5) is 16.1. The lowest BCUT2D eigenvalue weighted by atomic mass is 10.2. The second kappa shape index (κ2) is 9.02. The molecule has 1 rings (SSSR count). The molecule has 0 aliphatic rings. The van der Waals surface area contributed by atoms with Gasteiger partial charge in [0, 0.05) is 30.3 Å². The number of hydrogen-bond donors (Lipinski definition) is 3. The Morgan fingerprint density at radius 3 is 3.00 bits per heavy atom. The number of hydrogen-bond acceptors (Lipinski definition) is 6. The van der Waals surface area contributed by atoms with Crippen molar-refractivity contribution < 1.29 is 14.6 Å². The number of nitrogens with zero attached hydrogens (tertiary/aromatic N) is 1. The van der Waals surface area contributed by atoms with Gasteiger partial charge in [-0.2, -0.15) is 0 Å². The predicted octanol–water partition coefficient (Wildman–Crippen LogP) is 0.225. The molecule has 0 fully saturated rings. The van der Waals surface area contributed by atoms with Crippen LogP contribution in [-0.2, 0) is 16.0 Å². The van der Waals surface area contributed by atoms with Gasteiger partial charge in [0.05, 0.1) is 30.5 Å². The van der Waals surface area contributed by atoms with E-state index >= 15 is 0 Å². The first-order chi connectivity index (χ1) is 9.49. The van der Waals surface area contributed by atoms with Crippen molar-refractivity contribution in [2.24, 2.45) is 5.73 Å². The maximum atomic E-state index is 10.7. The number of ether oxygens (including phenoxy) is 1. The first-order valence-electron chi connectivity index (χ1n) is 6.65. The van der Waals surface area contributed by atoms with E-state index in [4.69, 9.17) is 10.5 Å². The molecule has 1 aromatic rings. The number of aliphatic hydroxyl groups is 1. The van der Waals surface area contributed by atoms with Crippen LogP contribution in [0.2, 0.25) is 0 Å². The molecule has 0 spiro atoms. The van der Waals surface area contributed by atoms with Crippen LogP contribution in [0.1, 0.15) is 23.9 Å². The Morgan fingerprint density at radius 2 is 2.40 bits per heavy atom. The fraction of sp³-hybridized carbons (Fsp3) is 0.692. The van der Waals surface area contributed by atoms with Gasteiger partial charge in [-0.15, -0.1) is 11.3 Å². The number of carbonyl (C=O) groups is 1. The molecule has 2 unspecified atom stereocenters. The molecule has 6 nitrogen and oxygen atoms in total. The second-order valence-electron chi connectivity index (χ2n) is 4.82. The molecule has 4 N–H and O–H groups in total. The molecule has 0 aromatic carbocycles. The van der Waals surface area contributed by atoms with Crippen molar-refractivity contribution in [2.45, 2.75) is 38.8 Å². The third-order valence-corrected chi connectivity index (χ3v) is 3.83. The summed E-state index contributed by atoms with van der Waals surface area (Å²) >= 11 is 1.62. The van der Waals surface area contributed by atoms with Crippen molar-refractivity contribution in [1.29, 1.82) is 0 Å². The van der Waals surface area contributed by atoms with Crippen LogP contribution in [0.15, 0.2) is 5.51 Å². The van der Waals surface area contributed by atoms with E-state index < -0.39 is 6.10 Å². The molecule has 0 saturated heterocycles. The fourth-order valence-corrected chi connectivity index (χ4v) is 2.48. The molecule has 0 radical (unpaired) electrons. The van der Waals surface area contributed by atoms with E-state index in [0.29, 0.717) is 13.2 Å². The summed E-state index contributed by atoms with van der Waals surface area (Å²) in [5, 5.41) is 12.8. The van der Waals surface area contributed by atoms with Crippen LogP contribution >= 0.6 is 11.3 Å². The molecule has 1 heterocycles. The van der Waals surface area contributed by atoms with Gasteiger partial charge in [0.1, 0.15) is 0 Å². The number of nitrogens with two attached hydrogens (primary N) is 1. The fourth-order valence-electron chi connectivity index (χ4n) is 1.72. The van der Waals surface area contributed by atoms with E-state index in [1.54, 1.807) is 11.3 Å². The lowest BCUT2D eigenvalue weighted by molar-refractivity contribution is -0.118.